The van der Waals surface area contributed by atoms with Gasteiger partial charge in [0.05, 0.1) is 18.1 Å². The lowest BCUT2D eigenvalue weighted by Crippen LogP contribution is -2.36. The third kappa shape index (κ3) is 5.06. The van der Waals surface area contributed by atoms with Gasteiger partial charge in [0.25, 0.3) is 5.69 Å². The zero-order valence-electron chi connectivity index (χ0n) is 14.4. The summed E-state index contributed by atoms with van der Waals surface area (Å²) in [4.78, 5) is 24.6. The van der Waals surface area contributed by atoms with Crippen LogP contribution in [0.25, 0.3) is 6.08 Å². The molecule has 1 fully saturated rings. The summed E-state index contributed by atoms with van der Waals surface area (Å²) < 4.78 is 5.34. The van der Waals surface area contributed by atoms with Crippen LogP contribution >= 0.6 is 11.6 Å². The molecule has 0 unspecified atom stereocenters. The van der Waals surface area contributed by atoms with E-state index < -0.39 is 4.92 Å². The summed E-state index contributed by atoms with van der Waals surface area (Å²) in [5, 5.41) is 13.7. The Bertz CT molecular complexity index is 862. The van der Waals surface area contributed by atoms with Crippen molar-refractivity contribution in [3.05, 3.63) is 69.2 Å². The van der Waals surface area contributed by atoms with Crippen LogP contribution < -0.4 is 10.2 Å². The number of nitrogens with zero attached hydrogens (tertiary/aromatic N) is 2. The van der Waals surface area contributed by atoms with Crippen LogP contribution in [0.3, 0.4) is 0 Å². The number of benzene rings is 2. The number of carbonyl (C=O) groups excluding carboxylic acids is 1. The van der Waals surface area contributed by atoms with E-state index in [1.807, 2.05) is 24.3 Å². The van der Waals surface area contributed by atoms with Crippen LogP contribution in [-0.2, 0) is 9.53 Å². The van der Waals surface area contributed by atoms with E-state index in [-0.39, 0.29) is 16.6 Å². The quantitative estimate of drug-likeness (QED) is 0.480. The van der Waals surface area contributed by atoms with E-state index in [9.17, 15) is 14.9 Å². The SMILES string of the molecule is O=C(C=Cc1ccc(Cl)c([N+](=O)[O-])c1)Nc1ccc(N2CCOCC2)cc1. The maximum absolute atomic E-state index is 12.1. The van der Waals surface area contributed by atoms with Crippen molar-refractivity contribution in [3.8, 4) is 0 Å². The monoisotopic (exact) mass is 387 g/mol. The minimum atomic E-state index is -0.560. The molecule has 0 saturated carbocycles. The maximum Gasteiger partial charge on any atom is 0.288 e. The van der Waals surface area contributed by atoms with Gasteiger partial charge in [-0.05, 0) is 42.0 Å². The van der Waals surface area contributed by atoms with Crippen LogP contribution in [0.4, 0.5) is 17.1 Å². The summed E-state index contributed by atoms with van der Waals surface area (Å²) in [6.07, 6.45) is 2.82. The van der Waals surface area contributed by atoms with Crippen molar-refractivity contribution in [2.45, 2.75) is 0 Å². The first-order chi connectivity index (χ1) is 13.0. The molecular weight excluding hydrogens is 370 g/mol. The molecule has 0 aliphatic carbocycles. The molecule has 0 radical (unpaired) electrons. The van der Waals surface area contributed by atoms with Crippen LogP contribution in [0.5, 0.6) is 0 Å². The van der Waals surface area contributed by atoms with Gasteiger partial charge in [0.2, 0.25) is 5.91 Å². The zero-order chi connectivity index (χ0) is 19.2. The number of carbonyl (C=O) groups is 1. The van der Waals surface area contributed by atoms with E-state index in [1.165, 1.54) is 24.3 Å². The second-order valence-corrected chi connectivity index (χ2v) is 6.34. The molecule has 0 bridgehead atoms. The molecule has 1 N–H and O–H groups in total. The molecular formula is C19H18ClN3O4. The molecule has 8 heteroatoms. The Labute approximate surface area is 161 Å². The highest BCUT2D eigenvalue weighted by Gasteiger charge is 2.12. The molecule has 2 aromatic rings. The van der Waals surface area contributed by atoms with Crippen LogP contribution in [-0.4, -0.2) is 37.1 Å². The molecule has 2 aromatic carbocycles. The topological polar surface area (TPSA) is 84.7 Å². The summed E-state index contributed by atoms with van der Waals surface area (Å²) in [7, 11) is 0. The van der Waals surface area contributed by atoms with Crippen LogP contribution in [0.15, 0.2) is 48.5 Å². The van der Waals surface area contributed by atoms with E-state index in [2.05, 4.69) is 10.2 Å². The first kappa shape index (κ1) is 18.9. The standard InChI is InChI=1S/C19H18ClN3O4/c20-17-7-1-14(13-18(17)23(25)26)2-8-19(24)21-15-3-5-16(6-4-15)22-9-11-27-12-10-22/h1-8,13H,9-12H2,(H,21,24). The minimum Gasteiger partial charge on any atom is -0.378 e. The molecule has 1 aliphatic rings. The molecule has 140 valence electrons. The third-order valence-electron chi connectivity index (χ3n) is 4.11. The van der Waals surface area contributed by atoms with E-state index in [0.29, 0.717) is 24.5 Å². The summed E-state index contributed by atoms with van der Waals surface area (Å²) in [6.45, 7) is 3.13. The van der Waals surface area contributed by atoms with Crippen LogP contribution in [0, 0.1) is 10.1 Å². The number of hydrogen-bond acceptors (Lipinski definition) is 5. The largest absolute Gasteiger partial charge is 0.378 e. The van der Waals surface area contributed by atoms with Crippen molar-refractivity contribution in [3.63, 3.8) is 0 Å². The van der Waals surface area contributed by atoms with Gasteiger partial charge < -0.3 is 15.0 Å². The highest BCUT2D eigenvalue weighted by molar-refractivity contribution is 6.32. The maximum atomic E-state index is 12.1. The Kier molecular flexibility index (Phi) is 6.05. The Hall–Kier alpha value is -2.90. The fourth-order valence-corrected chi connectivity index (χ4v) is 2.89. The Morgan fingerprint density at radius 3 is 2.56 bits per heavy atom. The number of hydrogen-bond donors (Lipinski definition) is 1. The summed E-state index contributed by atoms with van der Waals surface area (Å²) in [5.41, 5.74) is 2.07. The molecule has 27 heavy (non-hydrogen) atoms. The number of ether oxygens (including phenoxy) is 1. The van der Waals surface area contributed by atoms with Crippen molar-refractivity contribution >= 4 is 40.6 Å². The summed E-state index contributed by atoms with van der Waals surface area (Å²) >= 11 is 5.77. The van der Waals surface area contributed by atoms with Gasteiger partial charge in [0, 0.05) is 36.6 Å². The number of halogens is 1. The first-order valence-electron chi connectivity index (χ1n) is 8.39. The second-order valence-electron chi connectivity index (χ2n) is 5.94. The predicted octanol–water partition coefficient (Wildman–Crippen LogP) is 3.74. The van der Waals surface area contributed by atoms with Crippen molar-refractivity contribution in [2.24, 2.45) is 0 Å². The van der Waals surface area contributed by atoms with Crippen molar-refractivity contribution in [2.75, 3.05) is 36.5 Å². The average molecular weight is 388 g/mol. The number of nitro benzene ring substituents is 1. The molecule has 1 heterocycles. The van der Waals surface area contributed by atoms with Gasteiger partial charge in [-0.25, -0.2) is 0 Å². The lowest BCUT2D eigenvalue weighted by atomic mass is 10.2. The highest BCUT2D eigenvalue weighted by Crippen LogP contribution is 2.25. The smallest absolute Gasteiger partial charge is 0.288 e. The van der Waals surface area contributed by atoms with Gasteiger partial charge >= 0.3 is 0 Å². The van der Waals surface area contributed by atoms with Crippen LogP contribution in [0.2, 0.25) is 5.02 Å². The number of rotatable bonds is 5. The molecule has 1 saturated heterocycles. The van der Waals surface area contributed by atoms with Crippen LogP contribution in [0.1, 0.15) is 5.56 Å². The molecule has 3 rings (SSSR count). The number of nitro groups is 1. The van der Waals surface area contributed by atoms with E-state index in [0.717, 1.165) is 18.8 Å². The zero-order valence-corrected chi connectivity index (χ0v) is 15.2. The Morgan fingerprint density at radius 2 is 1.89 bits per heavy atom. The minimum absolute atomic E-state index is 0.0574. The fourth-order valence-electron chi connectivity index (χ4n) is 2.71. The van der Waals surface area contributed by atoms with Gasteiger partial charge in [0.15, 0.2) is 0 Å². The number of amides is 1. The van der Waals surface area contributed by atoms with Gasteiger partial charge in [0.1, 0.15) is 5.02 Å². The van der Waals surface area contributed by atoms with Gasteiger partial charge in [-0.15, -0.1) is 0 Å². The number of morpholine rings is 1. The van der Waals surface area contributed by atoms with E-state index >= 15 is 0 Å². The first-order valence-corrected chi connectivity index (χ1v) is 8.76. The Morgan fingerprint density at radius 1 is 1.19 bits per heavy atom. The average Bonchev–Trinajstić information content (AvgIpc) is 2.68. The Balaban J connectivity index is 1.61. The highest BCUT2D eigenvalue weighted by atomic mass is 35.5. The molecule has 1 aliphatic heterocycles. The molecule has 7 nitrogen and oxygen atoms in total. The normalized spacial score (nSPS) is 14.3. The van der Waals surface area contributed by atoms with Gasteiger partial charge in [-0.1, -0.05) is 17.7 Å². The molecule has 0 spiro atoms. The van der Waals surface area contributed by atoms with Gasteiger partial charge in [-0.2, -0.15) is 0 Å². The number of nitrogens with one attached hydrogen (secondary N) is 1. The van der Waals surface area contributed by atoms with Crippen molar-refractivity contribution < 1.29 is 14.5 Å². The molecule has 0 atom stereocenters. The van der Waals surface area contributed by atoms with Gasteiger partial charge in [-0.3, -0.25) is 14.9 Å². The van der Waals surface area contributed by atoms with Crippen molar-refractivity contribution in [1.82, 2.24) is 0 Å². The third-order valence-corrected chi connectivity index (χ3v) is 4.42. The van der Waals surface area contributed by atoms with E-state index in [1.54, 1.807) is 6.07 Å². The van der Waals surface area contributed by atoms with Crippen molar-refractivity contribution in [1.29, 1.82) is 0 Å². The summed E-state index contributed by atoms with van der Waals surface area (Å²) in [5.74, 6) is -0.327. The van der Waals surface area contributed by atoms with E-state index in [4.69, 9.17) is 16.3 Å². The lowest BCUT2D eigenvalue weighted by Gasteiger charge is -2.28. The predicted molar refractivity (Wildman–Crippen MR) is 105 cm³/mol. The fraction of sp³-hybridized carbons (Fsp3) is 0.211. The molecule has 1 amide bonds. The molecule has 0 aromatic heterocycles. The summed E-state index contributed by atoms with van der Waals surface area (Å²) in [6, 6.07) is 11.9. The lowest BCUT2D eigenvalue weighted by molar-refractivity contribution is -0.384. The second kappa shape index (κ2) is 8.66. The number of anilines is 2.